The molecule has 21 nitrogen and oxygen atoms in total. The van der Waals surface area contributed by atoms with E-state index in [2.05, 4.69) is 77.7 Å². The predicted molar refractivity (Wildman–Crippen MR) is 274 cm³/mol. The topological polar surface area (TPSA) is 283 Å². The lowest BCUT2D eigenvalue weighted by molar-refractivity contribution is -0.121. The molecule has 4 atom stereocenters. The number of imidazole rings is 1. The van der Waals surface area contributed by atoms with Gasteiger partial charge in [0.2, 0.25) is 23.2 Å². The summed E-state index contributed by atoms with van der Waals surface area (Å²) in [7, 11) is -3.11. The van der Waals surface area contributed by atoms with Gasteiger partial charge in [0.15, 0.2) is 17.4 Å². The number of aryl methyl sites for hydroxylation is 2. The number of aromatic nitrogens is 4. The Morgan fingerprint density at radius 1 is 0.973 bits per heavy atom. The number of aromatic amines is 1. The highest BCUT2D eigenvalue weighted by atomic mass is 31.2. The van der Waals surface area contributed by atoms with Gasteiger partial charge in [0.1, 0.15) is 42.9 Å². The second-order valence-corrected chi connectivity index (χ2v) is 20.4. The van der Waals surface area contributed by atoms with Crippen LogP contribution in [0.5, 0.6) is 11.5 Å². The van der Waals surface area contributed by atoms with E-state index in [1.165, 1.54) is 26.7 Å². The molecule has 22 heteroatoms. The third-order valence-electron chi connectivity index (χ3n) is 14.3. The number of phosphoric acid groups is 1. The molecule has 390 valence electrons. The zero-order valence-electron chi connectivity index (χ0n) is 41.5. The van der Waals surface area contributed by atoms with Gasteiger partial charge >= 0.3 is 7.82 Å². The molecule has 0 spiro atoms. The van der Waals surface area contributed by atoms with Crippen molar-refractivity contribution < 1.29 is 48.2 Å². The van der Waals surface area contributed by atoms with Gasteiger partial charge in [-0.25, -0.2) is 14.1 Å². The highest BCUT2D eigenvalue weighted by Gasteiger charge is 2.46. The quantitative estimate of drug-likeness (QED) is 0.0310. The minimum absolute atomic E-state index is 0.0405. The fourth-order valence-electron chi connectivity index (χ4n) is 10.6. The number of phosphoric ester groups is 1. The molecule has 73 heavy (non-hydrogen) atoms. The van der Waals surface area contributed by atoms with E-state index >= 15 is 0 Å². The van der Waals surface area contributed by atoms with Gasteiger partial charge in [-0.3, -0.25) is 28.5 Å². The lowest BCUT2D eigenvalue weighted by atomic mass is 9.86. The number of carbonyl (C=O) groups is 2. The van der Waals surface area contributed by atoms with E-state index < -0.39 is 44.5 Å². The number of nitrogen functional groups attached to an aromatic ring is 1. The van der Waals surface area contributed by atoms with Gasteiger partial charge in [-0.1, -0.05) is 31.0 Å². The number of aliphatic hydroxyl groups is 2. The van der Waals surface area contributed by atoms with Crippen LogP contribution in [-0.4, -0.2) is 134 Å². The average Bonchev–Trinajstić information content (AvgIpc) is 3.87. The standard InChI is InChI=1S/C51H65N10O11P/c1-4-59-23-12-15-30-25-34-38(27-36(30)59)71-39-28-37-31(16-13-24-60(37)5-2)26-35(39)42(34)32-17-8-9-18-33(32)48(66)58(3)22-14-19-41(62)53-20-10-6-7-11-21-54-51-55-43-46(56-50(52)57-47(43)65)61(51)49-45(64)44(63)40(72-49)29-70-73(67,68)69/h8-9,17-18,25-28,40,44-45,49,63-64H,4-7,10-16,19-24,29H2,1-3H3,(H6,52,53,57,62,65,66,67,68,69)/p+1/t40-,44-,45-,49-/m1/s1. The van der Waals surface area contributed by atoms with Crippen molar-refractivity contribution in [2.24, 2.45) is 0 Å². The summed E-state index contributed by atoms with van der Waals surface area (Å²) in [5.41, 5.74) is 12.2. The number of amides is 2. The van der Waals surface area contributed by atoms with Crippen LogP contribution < -0.4 is 46.7 Å². The second-order valence-electron chi connectivity index (χ2n) is 19.1. The molecule has 0 radical (unpaired) electrons. The molecular formula is C51H66N10O11P+. The Balaban J connectivity index is 0.788. The molecule has 2 aromatic heterocycles. The highest BCUT2D eigenvalue weighted by molar-refractivity contribution is 7.46. The maximum Gasteiger partial charge on any atom is 0.469 e. The Morgan fingerprint density at radius 3 is 2.53 bits per heavy atom. The number of carbonyl (C=O) groups excluding carboxylic acids is 2. The summed E-state index contributed by atoms with van der Waals surface area (Å²) in [5.74, 6) is 1.25. The van der Waals surface area contributed by atoms with Crippen molar-refractivity contribution >= 4 is 54.0 Å². The van der Waals surface area contributed by atoms with Gasteiger partial charge < -0.3 is 55.6 Å². The molecule has 5 aromatic rings. The van der Waals surface area contributed by atoms with Gasteiger partial charge in [0, 0.05) is 91.8 Å². The molecule has 1 saturated heterocycles. The molecule has 0 unspecified atom stereocenters. The Bertz CT molecular complexity index is 3140. The number of nitrogens with zero attached hydrogens (tertiary/aromatic N) is 6. The molecule has 2 amide bonds. The molecule has 0 bridgehead atoms. The number of benzene rings is 3. The Labute approximate surface area is 421 Å². The normalized spacial score (nSPS) is 19.2. The van der Waals surface area contributed by atoms with Crippen molar-refractivity contribution in [1.82, 2.24) is 34.3 Å². The van der Waals surface area contributed by atoms with Gasteiger partial charge in [-0.05, 0) is 81.7 Å². The number of rotatable bonds is 20. The molecular weight excluding hydrogens is 960 g/mol. The zero-order valence-corrected chi connectivity index (χ0v) is 42.4. The van der Waals surface area contributed by atoms with Crippen molar-refractivity contribution in [3.05, 3.63) is 97.3 Å². The molecule has 3 aromatic carbocycles. The first-order valence-electron chi connectivity index (χ1n) is 25.4. The molecule has 4 aliphatic rings. The number of nitrogens with one attached hydrogen (secondary N) is 3. The van der Waals surface area contributed by atoms with Crippen molar-refractivity contribution in [3.8, 4) is 11.5 Å². The van der Waals surface area contributed by atoms with Crippen LogP contribution in [0.25, 0.3) is 16.7 Å². The van der Waals surface area contributed by atoms with Crippen molar-refractivity contribution in [2.45, 2.75) is 103 Å². The third kappa shape index (κ3) is 11.0. The summed E-state index contributed by atoms with van der Waals surface area (Å²) >= 11 is 0. The monoisotopic (exact) mass is 1030 g/mol. The minimum Gasteiger partial charge on any atom is -0.456 e. The first-order valence-corrected chi connectivity index (χ1v) is 26.9. The molecule has 4 aliphatic heterocycles. The lowest BCUT2D eigenvalue weighted by Gasteiger charge is -2.33. The number of nitrogens with two attached hydrogens (primary N) is 1. The van der Waals surface area contributed by atoms with Crippen LogP contribution in [0.1, 0.15) is 104 Å². The third-order valence-corrected chi connectivity index (χ3v) is 14.7. The van der Waals surface area contributed by atoms with Crippen molar-refractivity contribution in [2.75, 3.05) is 75.4 Å². The van der Waals surface area contributed by atoms with Gasteiger partial charge in [0.25, 0.3) is 11.5 Å². The Hall–Kier alpha value is -6.19. The number of ether oxygens (including phenoxy) is 2. The van der Waals surface area contributed by atoms with E-state index in [0.717, 1.165) is 105 Å². The van der Waals surface area contributed by atoms with E-state index in [4.69, 9.17) is 25.0 Å². The summed E-state index contributed by atoms with van der Waals surface area (Å²) in [6.07, 6.45) is 1.92. The summed E-state index contributed by atoms with van der Waals surface area (Å²) in [6.45, 7) is 8.75. The van der Waals surface area contributed by atoms with E-state index in [0.29, 0.717) is 38.0 Å². The van der Waals surface area contributed by atoms with E-state index in [-0.39, 0.29) is 41.3 Å². The zero-order chi connectivity index (χ0) is 51.6. The van der Waals surface area contributed by atoms with Crippen LogP contribution in [0.4, 0.5) is 17.6 Å². The van der Waals surface area contributed by atoms with Crippen LogP contribution in [0.2, 0.25) is 0 Å². The maximum atomic E-state index is 14.5. The molecule has 1 fully saturated rings. The van der Waals surface area contributed by atoms with Crippen LogP contribution in [0, 0.1) is 0 Å². The molecule has 6 heterocycles. The van der Waals surface area contributed by atoms with Crippen LogP contribution in [-0.2, 0) is 31.5 Å². The lowest BCUT2D eigenvalue weighted by Crippen LogP contribution is -2.39. The van der Waals surface area contributed by atoms with Crippen LogP contribution in [0.15, 0.2) is 53.3 Å². The van der Waals surface area contributed by atoms with E-state index in [9.17, 15) is 29.2 Å². The maximum absolute atomic E-state index is 14.5. The number of hydrogen-bond acceptors (Lipinski definition) is 14. The summed E-state index contributed by atoms with van der Waals surface area (Å²) < 4.78 is 32.0. The first kappa shape index (κ1) is 51.7. The fourth-order valence-corrected chi connectivity index (χ4v) is 10.9. The van der Waals surface area contributed by atoms with Crippen LogP contribution in [0.3, 0.4) is 0 Å². The molecule has 0 aliphatic carbocycles. The first-order chi connectivity index (χ1) is 35.1. The smallest absolute Gasteiger partial charge is 0.456 e. The van der Waals surface area contributed by atoms with Crippen LogP contribution >= 0.6 is 7.82 Å². The highest BCUT2D eigenvalue weighted by Crippen LogP contribution is 2.43. The van der Waals surface area contributed by atoms with E-state index in [1.54, 1.807) is 11.9 Å². The number of aliphatic hydroxyl groups excluding tert-OH is 2. The number of hydrogen-bond donors (Lipinski definition) is 8. The number of anilines is 3. The summed E-state index contributed by atoms with van der Waals surface area (Å²) in [5, 5.41) is 29.8. The average molecular weight is 1030 g/mol. The van der Waals surface area contributed by atoms with Gasteiger partial charge in [0.05, 0.1) is 12.7 Å². The minimum atomic E-state index is -4.90. The SMILES string of the molecule is CCN1CCCc2cc3c(cc21)Oc1cc2c(cc1=C3c1ccccc1C(=O)N(C)CCCC(=O)NCCCCCCNc1nc3c(=O)[nH]c(N)nc3n1[C@@H]1O[C@H](COP(=O)(O)O)[C@@H](O)[C@H]1O)CCC[N+]=2CC. The number of H-pyrrole nitrogens is 1. The Kier molecular flexibility index (Phi) is 15.7. The largest absolute Gasteiger partial charge is 0.469 e. The van der Waals surface area contributed by atoms with Gasteiger partial charge in [-0.15, -0.1) is 0 Å². The van der Waals surface area contributed by atoms with Gasteiger partial charge in [-0.2, -0.15) is 4.98 Å². The van der Waals surface area contributed by atoms with Crippen molar-refractivity contribution in [1.29, 1.82) is 0 Å². The van der Waals surface area contributed by atoms with E-state index in [1.807, 2.05) is 24.3 Å². The second kappa shape index (κ2) is 22.1. The summed E-state index contributed by atoms with van der Waals surface area (Å²) in [6, 6.07) is 16.8. The summed E-state index contributed by atoms with van der Waals surface area (Å²) in [4.78, 5) is 73.4. The molecule has 9 rings (SSSR count). The predicted octanol–water partition coefficient (Wildman–Crippen LogP) is 2.65. The number of fused-ring (bicyclic) bond motifs is 5. The van der Waals surface area contributed by atoms with Crippen molar-refractivity contribution in [3.63, 3.8) is 0 Å². The molecule has 9 N–H and O–H groups in total. The molecule has 0 saturated carbocycles. The Morgan fingerprint density at radius 2 is 1.75 bits per heavy atom. The number of unbranched alkanes of at least 4 members (excludes halogenated alkanes) is 3. The fraction of sp³-hybridized carbons (Fsp3) is 0.490.